The monoisotopic (exact) mass is 552 g/mol. The van der Waals surface area contributed by atoms with Crippen molar-refractivity contribution in [2.24, 2.45) is 5.92 Å². The van der Waals surface area contributed by atoms with Gasteiger partial charge in [0, 0.05) is 54.0 Å². The van der Waals surface area contributed by atoms with Gasteiger partial charge in [0.15, 0.2) is 5.71 Å². The van der Waals surface area contributed by atoms with Crippen molar-refractivity contribution >= 4 is 23.0 Å². The van der Waals surface area contributed by atoms with E-state index >= 15 is 0 Å². The van der Waals surface area contributed by atoms with Crippen LogP contribution in [0, 0.1) is 5.92 Å². The third-order valence-corrected chi connectivity index (χ3v) is 8.80. The molecular formula is C37H50N3O+. The van der Waals surface area contributed by atoms with Gasteiger partial charge < -0.3 is 10.2 Å². The number of hydrogen-bond acceptors (Lipinski definition) is 2. The Kier molecular flexibility index (Phi) is 9.73. The van der Waals surface area contributed by atoms with Crippen molar-refractivity contribution in [3.8, 4) is 0 Å². The van der Waals surface area contributed by atoms with E-state index in [-0.39, 0.29) is 16.7 Å². The van der Waals surface area contributed by atoms with Crippen molar-refractivity contribution in [1.82, 2.24) is 5.32 Å². The summed E-state index contributed by atoms with van der Waals surface area (Å²) in [7, 11) is 2.16. The average Bonchev–Trinajstić information content (AvgIpc) is 3.27. The van der Waals surface area contributed by atoms with E-state index in [1.54, 1.807) is 0 Å². The van der Waals surface area contributed by atoms with Crippen molar-refractivity contribution in [2.75, 3.05) is 25.0 Å². The highest BCUT2D eigenvalue weighted by atomic mass is 16.1. The van der Waals surface area contributed by atoms with E-state index < -0.39 is 0 Å². The van der Waals surface area contributed by atoms with Gasteiger partial charge in [-0.15, -0.1) is 0 Å². The van der Waals surface area contributed by atoms with Gasteiger partial charge in [0.05, 0.1) is 5.41 Å². The number of allylic oxidation sites excluding steroid dienone is 6. The minimum atomic E-state index is -0.0645. The van der Waals surface area contributed by atoms with Crippen LogP contribution in [0.4, 0.5) is 11.4 Å². The number of para-hydroxylation sites is 2. The molecule has 4 nitrogen and oxygen atoms in total. The molecule has 0 aromatic heterocycles. The van der Waals surface area contributed by atoms with Crippen LogP contribution in [-0.2, 0) is 15.6 Å². The number of amides is 1. The number of benzene rings is 2. The largest absolute Gasteiger partial charge is 0.356 e. The fourth-order valence-corrected chi connectivity index (χ4v) is 6.36. The second-order valence-corrected chi connectivity index (χ2v) is 13.0. The summed E-state index contributed by atoms with van der Waals surface area (Å²) in [4.78, 5) is 14.7. The molecule has 4 rings (SSSR count). The highest BCUT2D eigenvalue weighted by Crippen LogP contribution is 2.47. The normalized spacial score (nSPS) is 18.2. The minimum Gasteiger partial charge on any atom is -0.356 e. The molecule has 0 unspecified atom stereocenters. The lowest BCUT2D eigenvalue weighted by atomic mass is 9.81. The summed E-state index contributed by atoms with van der Waals surface area (Å²) in [6.07, 6.45) is 15.7. The summed E-state index contributed by atoms with van der Waals surface area (Å²) < 4.78 is 2.31. The van der Waals surface area contributed by atoms with Crippen LogP contribution >= 0.6 is 0 Å². The zero-order chi connectivity index (χ0) is 29.6. The Morgan fingerprint density at radius 2 is 1.61 bits per heavy atom. The Balaban J connectivity index is 1.40. The molecule has 2 aromatic carbocycles. The highest BCUT2D eigenvalue weighted by Gasteiger charge is 2.42. The maximum atomic E-state index is 12.2. The van der Waals surface area contributed by atoms with E-state index in [1.165, 1.54) is 33.9 Å². The van der Waals surface area contributed by atoms with Crippen LogP contribution in [0.5, 0.6) is 0 Å². The lowest BCUT2D eigenvalue weighted by molar-refractivity contribution is -0.401. The molecule has 4 heteroatoms. The highest BCUT2D eigenvalue weighted by molar-refractivity contribution is 6.03. The molecule has 2 aromatic rings. The summed E-state index contributed by atoms with van der Waals surface area (Å²) in [6.45, 7) is 15.4. The second kappa shape index (κ2) is 13.1. The zero-order valence-electron chi connectivity index (χ0n) is 26.3. The van der Waals surface area contributed by atoms with Gasteiger partial charge in [0.2, 0.25) is 11.6 Å². The Bertz CT molecular complexity index is 1360. The predicted molar refractivity (Wildman–Crippen MR) is 174 cm³/mol. The Hall–Kier alpha value is -3.40. The molecule has 0 spiro atoms. The van der Waals surface area contributed by atoms with Crippen LogP contribution in [-0.4, -0.2) is 36.3 Å². The first kappa shape index (κ1) is 30.6. The topological polar surface area (TPSA) is 35.4 Å². The first-order valence-electron chi connectivity index (χ1n) is 15.4. The molecule has 41 heavy (non-hydrogen) atoms. The van der Waals surface area contributed by atoms with Gasteiger partial charge in [-0.25, -0.2) is 0 Å². The number of nitrogens with zero attached hydrogens (tertiary/aromatic N) is 2. The Morgan fingerprint density at radius 3 is 2.34 bits per heavy atom. The number of fused-ring (bicyclic) bond motifs is 2. The van der Waals surface area contributed by atoms with Crippen molar-refractivity contribution in [1.29, 1.82) is 0 Å². The Morgan fingerprint density at radius 1 is 0.902 bits per heavy atom. The summed E-state index contributed by atoms with van der Waals surface area (Å²) in [5.41, 5.74) is 7.90. The number of rotatable bonds is 12. The molecule has 2 heterocycles. The number of unbranched alkanes of at least 4 members (excludes halogenated alkanes) is 2. The third-order valence-electron chi connectivity index (χ3n) is 8.80. The standard InChI is InChI=1S/C37H49N3O/c1-28(2)25-26-38-35(41)24-12-9-17-27-40-32-21-16-14-19-30(32)37(5,6)34(40)23-11-8-10-22-33-36(3,4)29-18-13-15-20-31(29)39(33)7/h8,10-11,13-16,18-23,28H,9,12,17,24-27H2,1-7H3/p+1. The van der Waals surface area contributed by atoms with Crippen LogP contribution in [0.2, 0.25) is 0 Å². The van der Waals surface area contributed by atoms with Crippen LogP contribution in [0.15, 0.2) is 84.6 Å². The van der Waals surface area contributed by atoms with E-state index in [0.29, 0.717) is 12.3 Å². The van der Waals surface area contributed by atoms with Gasteiger partial charge in [-0.2, -0.15) is 4.58 Å². The van der Waals surface area contributed by atoms with Gasteiger partial charge in [0.25, 0.3) is 0 Å². The summed E-state index contributed by atoms with van der Waals surface area (Å²) >= 11 is 0. The van der Waals surface area contributed by atoms with Gasteiger partial charge >= 0.3 is 0 Å². The van der Waals surface area contributed by atoms with E-state index in [2.05, 4.69) is 142 Å². The van der Waals surface area contributed by atoms with E-state index in [9.17, 15) is 4.79 Å². The minimum absolute atomic E-state index is 0.0191. The van der Waals surface area contributed by atoms with E-state index in [4.69, 9.17) is 0 Å². The van der Waals surface area contributed by atoms with Crippen LogP contribution in [0.3, 0.4) is 0 Å². The maximum absolute atomic E-state index is 12.2. The molecule has 0 bridgehead atoms. The summed E-state index contributed by atoms with van der Waals surface area (Å²) in [6, 6.07) is 17.5. The molecule has 1 amide bonds. The van der Waals surface area contributed by atoms with E-state index in [1.807, 2.05) is 0 Å². The lowest BCUT2D eigenvalue weighted by Gasteiger charge is -2.27. The Labute approximate surface area is 248 Å². The van der Waals surface area contributed by atoms with Gasteiger partial charge in [0.1, 0.15) is 7.05 Å². The molecule has 2 aliphatic rings. The number of nitrogens with one attached hydrogen (secondary N) is 1. The molecule has 0 saturated carbocycles. The number of anilines is 1. The van der Waals surface area contributed by atoms with Gasteiger partial charge in [-0.3, -0.25) is 4.79 Å². The van der Waals surface area contributed by atoms with Crippen LogP contribution < -0.4 is 10.2 Å². The van der Waals surface area contributed by atoms with Crippen molar-refractivity contribution in [3.05, 3.63) is 95.7 Å². The molecular weight excluding hydrogens is 502 g/mol. The zero-order valence-corrected chi connectivity index (χ0v) is 26.3. The first-order chi connectivity index (χ1) is 19.5. The number of carbonyl (C=O) groups excluding carboxylic acids is 1. The molecule has 1 N–H and O–H groups in total. The van der Waals surface area contributed by atoms with E-state index in [0.717, 1.165) is 38.8 Å². The third kappa shape index (κ3) is 6.74. The van der Waals surface area contributed by atoms with Crippen molar-refractivity contribution < 1.29 is 9.37 Å². The quantitative estimate of drug-likeness (QED) is 0.164. The van der Waals surface area contributed by atoms with Crippen LogP contribution in [0.25, 0.3) is 0 Å². The first-order valence-corrected chi connectivity index (χ1v) is 15.4. The number of hydrogen-bond donors (Lipinski definition) is 1. The molecule has 0 fully saturated rings. The maximum Gasteiger partial charge on any atom is 0.219 e. The van der Waals surface area contributed by atoms with Gasteiger partial charge in [-0.1, -0.05) is 88.7 Å². The summed E-state index contributed by atoms with van der Waals surface area (Å²) in [5.74, 6) is 0.806. The lowest BCUT2D eigenvalue weighted by Crippen LogP contribution is -2.27. The SMILES string of the molecule is CC(C)CCNC(=O)CCCCCN1C(=CC=CC=CC2=[N+](C)c3ccccc3C2(C)C)C(C)(C)c2ccccc21. The average molecular weight is 553 g/mol. The fraction of sp³-hybridized carbons (Fsp3) is 0.459. The van der Waals surface area contributed by atoms with Crippen molar-refractivity contribution in [2.45, 2.75) is 84.5 Å². The molecule has 218 valence electrons. The molecule has 0 atom stereocenters. The smallest absolute Gasteiger partial charge is 0.219 e. The fourth-order valence-electron chi connectivity index (χ4n) is 6.36. The van der Waals surface area contributed by atoms with Crippen LogP contribution in [0.1, 0.15) is 84.8 Å². The van der Waals surface area contributed by atoms with Gasteiger partial charge in [-0.05, 0) is 56.7 Å². The number of carbonyl (C=O) groups is 1. The molecule has 0 aliphatic carbocycles. The second-order valence-electron chi connectivity index (χ2n) is 13.0. The summed E-state index contributed by atoms with van der Waals surface area (Å²) in [5, 5.41) is 3.06. The molecule has 0 radical (unpaired) electrons. The predicted octanol–water partition coefficient (Wildman–Crippen LogP) is 8.21. The molecule has 2 aliphatic heterocycles. The van der Waals surface area contributed by atoms with Crippen molar-refractivity contribution in [3.63, 3.8) is 0 Å². The molecule has 0 saturated heterocycles.